The maximum Gasteiger partial charge on any atom is 0.309 e. The second-order valence-corrected chi connectivity index (χ2v) is 7.45. The van der Waals surface area contributed by atoms with Crippen molar-refractivity contribution in [1.82, 2.24) is 5.32 Å². The van der Waals surface area contributed by atoms with E-state index in [0.717, 1.165) is 32.4 Å². The molecule has 5 heteroatoms. The molecule has 1 aliphatic rings. The third-order valence-electron chi connectivity index (χ3n) is 5.11. The molecule has 1 fully saturated rings. The second-order valence-electron chi connectivity index (χ2n) is 7.45. The highest BCUT2D eigenvalue weighted by Crippen LogP contribution is 2.14. The van der Waals surface area contributed by atoms with Crippen LogP contribution in [0.25, 0.3) is 0 Å². The summed E-state index contributed by atoms with van der Waals surface area (Å²) in [6, 6.07) is 8.62. The molecule has 0 aliphatic carbocycles. The van der Waals surface area contributed by atoms with Gasteiger partial charge >= 0.3 is 5.97 Å². The molecule has 0 spiro atoms. The Morgan fingerprint density at radius 3 is 2.42 bits per heavy atom. The number of ether oxygens (including phenoxy) is 1. The molecule has 5 nitrogen and oxygen atoms in total. The molecular weight excluding hydrogens is 328 g/mol. The molecule has 0 atom stereocenters. The summed E-state index contributed by atoms with van der Waals surface area (Å²) in [6.07, 6.45) is 2.47. The van der Waals surface area contributed by atoms with E-state index in [0.29, 0.717) is 25.6 Å². The van der Waals surface area contributed by atoms with Crippen LogP contribution >= 0.6 is 0 Å². The zero-order valence-corrected chi connectivity index (χ0v) is 16.3. The number of hydrogen-bond acceptors (Lipinski definition) is 3. The van der Waals surface area contributed by atoms with Gasteiger partial charge in [-0.15, -0.1) is 0 Å². The van der Waals surface area contributed by atoms with E-state index in [2.05, 4.69) is 43.4 Å². The minimum absolute atomic E-state index is 0.00979. The van der Waals surface area contributed by atoms with E-state index >= 15 is 0 Å². The van der Waals surface area contributed by atoms with E-state index in [9.17, 15) is 9.59 Å². The Kier molecular flexibility index (Phi) is 8.10. The first-order chi connectivity index (χ1) is 12.5. The van der Waals surface area contributed by atoms with Crippen LogP contribution in [0.3, 0.4) is 0 Å². The van der Waals surface area contributed by atoms with E-state index < -0.39 is 0 Å². The number of likely N-dealkylation sites (tertiary alicyclic amines) is 1. The molecule has 1 aromatic carbocycles. The van der Waals surface area contributed by atoms with Gasteiger partial charge in [0, 0.05) is 19.4 Å². The number of carbonyl (C=O) groups excluding carboxylic acids is 2. The lowest BCUT2D eigenvalue weighted by Gasteiger charge is -2.27. The van der Waals surface area contributed by atoms with Crippen LogP contribution in [0.1, 0.15) is 50.7 Å². The van der Waals surface area contributed by atoms with Crippen LogP contribution in [0, 0.1) is 5.92 Å². The van der Waals surface area contributed by atoms with Gasteiger partial charge in [0.1, 0.15) is 0 Å². The number of nitrogens with one attached hydrogen (secondary N) is 2. The molecule has 26 heavy (non-hydrogen) atoms. The number of carbonyl (C=O) groups is 2. The van der Waals surface area contributed by atoms with Crippen molar-refractivity contribution < 1.29 is 19.2 Å². The van der Waals surface area contributed by atoms with E-state index in [1.165, 1.54) is 16.0 Å². The van der Waals surface area contributed by atoms with Crippen molar-refractivity contribution in [2.24, 2.45) is 5.92 Å². The highest BCUT2D eigenvalue weighted by Gasteiger charge is 2.29. The van der Waals surface area contributed by atoms with E-state index in [1.54, 1.807) is 0 Å². The van der Waals surface area contributed by atoms with Gasteiger partial charge in [-0.1, -0.05) is 38.1 Å². The van der Waals surface area contributed by atoms with Gasteiger partial charge in [-0.3, -0.25) is 9.59 Å². The molecule has 0 unspecified atom stereocenters. The molecular formula is C21H33N2O3+. The van der Waals surface area contributed by atoms with Crippen molar-refractivity contribution in [3.8, 4) is 0 Å². The summed E-state index contributed by atoms with van der Waals surface area (Å²) >= 11 is 0. The topological polar surface area (TPSA) is 59.8 Å². The van der Waals surface area contributed by atoms with Crippen LogP contribution in [0.2, 0.25) is 0 Å². The normalized spacial score (nSPS) is 20.0. The number of benzene rings is 1. The summed E-state index contributed by atoms with van der Waals surface area (Å²) in [5.41, 5.74) is 2.59. The van der Waals surface area contributed by atoms with E-state index in [-0.39, 0.29) is 17.8 Å². The monoisotopic (exact) mass is 361 g/mol. The van der Waals surface area contributed by atoms with E-state index in [1.807, 2.05) is 6.92 Å². The summed E-state index contributed by atoms with van der Waals surface area (Å²) in [5.74, 6) is 0.558. The van der Waals surface area contributed by atoms with E-state index in [4.69, 9.17) is 4.74 Å². The SMILES string of the molecule is CCOC(=O)C1CC[NH+](CC(=O)NCCc2ccc(C(C)C)cc2)CC1. The quantitative estimate of drug-likeness (QED) is 0.687. The summed E-state index contributed by atoms with van der Waals surface area (Å²) in [5, 5.41) is 3.02. The number of quaternary nitrogens is 1. The number of piperidine rings is 1. The van der Waals surface area contributed by atoms with Crippen LogP contribution in [0.5, 0.6) is 0 Å². The van der Waals surface area contributed by atoms with Crippen molar-refractivity contribution in [3.05, 3.63) is 35.4 Å². The van der Waals surface area contributed by atoms with Gasteiger partial charge in [-0.25, -0.2) is 0 Å². The average Bonchev–Trinajstić information content (AvgIpc) is 2.63. The molecule has 0 radical (unpaired) electrons. The predicted octanol–water partition coefficient (Wildman–Crippen LogP) is 1.33. The molecule has 1 aromatic rings. The van der Waals surface area contributed by atoms with Crippen LogP contribution in [0.4, 0.5) is 0 Å². The fourth-order valence-corrected chi connectivity index (χ4v) is 3.40. The van der Waals surface area contributed by atoms with Crippen molar-refractivity contribution in [1.29, 1.82) is 0 Å². The molecule has 144 valence electrons. The number of hydrogen-bond donors (Lipinski definition) is 2. The summed E-state index contributed by atoms with van der Waals surface area (Å²) < 4.78 is 5.09. The molecule has 1 aliphatic heterocycles. The maximum atomic E-state index is 12.1. The lowest BCUT2D eigenvalue weighted by Crippen LogP contribution is -3.14. The zero-order chi connectivity index (χ0) is 18.9. The van der Waals surface area contributed by atoms with Gasteiger partial charge in [-0.05, 0) is 30.4 Å². The molecule has 0 bridgehead atoms. The summed E-state index contributed by atoms with van der Waals surface area (Å²) in [7, 11) is 0. The first-order valence-electron chi connectivity index (χ1n) is 9.85. The van der Waals surface area contributed by atoms with Gasteiger partial charge in [0.15, 0.2) is 6.54 Å². The maximum absolute atomic E-state index is 12.1. The Hall–Kier alpha value is -1.88. The summed E-state index contributed by atoms with van der Waals surface area (Å²) in [4.78, 5) is 25.1. The van der Waals surface area contributed by atoms with Crippen LogP contribution in [0.15, 0.2) is 24.3 Å². The standard InChI is InChI=1S/C21H32N2O3/c1-4-26-21(25)19-10-13-23(14-11-19)15-20(24)22-12-9-17-5-7-18(8-6-17)16(2)3/h5-8,16,19H,4,9-15H2,1-3H3,(H,22,24)/p+1. The van der Waals surface area contributed by atoms with Crippen LogP contribution in [-0.4, -0.2) is 44.7 Å². The number of esters is 1. The second kappa shape index (κ2) is 10.3. The first-order valence-corrected chi connectivity index (χ1v) is 9.85. The Morgan fingerprint density at radius 2 is 1.85 bits per heavy atom. The minimum Gasteiger partial charge on any atom is -0.466 e. The fourth-order valence-electron chi connectivity index (χ4n) is 3.40. The Bertz CT molecular complexity index is 575. The fraction of sp³-hybridized carbons (Fsp3) is 0.619. The molecule has 1 amide bonds. The average molecular weight is 362 g/mol. The lowest BCUT2D eigenvalue weighted by atomic mass is 9.97. The van der Waals surface area contributed by atoms with Gasteiger partial charge < -0.3 is 15.0 Å². The van der Waals surface area contributed by atoms with Crippen LogP contribution < -0.4 is 10.2 Å². The lowest BCUT2D eigenvalue weighted by molar-refractivity contribution is -0.897. The highest BCUT2D eigenvalue weighted by atomic mass is 16.5. The molecule has 0 aromatic heterocycles. The smallest absolute Gasteiger partial charge is 0.309 e. The molecule has 2 rings (SSSR count). The molecule has 1 heterocycles. The van der Waals surface area contributed by atoms with Gasteiger partial charge in [-0.2, -0.15) is 0 Å². The van der Waals surface area contributed by atoms with Crippen molar-refractivity contribution >= 4 is 11.9 Å². The van der Waals surface area contributed by atoms with Gasteiger partial charge in [0.2, 0.25) is 0 Å². The molecule has 0 saturated carbocycles. The number of amides is 1. The predicted molar refractivity (Wildman–Crippen MR) is 102 cm³/mol. The Morgan fingerprint density at radius 1 is 1.19 bits per heavy atom. The molecule has 2 N–H and O–H groups in total. The van der Waals surface area contributed by atoms with Gasteiger partial charge in [0.25, 0.3) is 5.91 Å². The highest BCUT2D eigenvalue weighted by molar-refractivity contribution is 5.76. The zero-order valence-electron chi connectivity index (χ0n) is 16.3. The van der Waals surface area contributed by atoms with Crippen molar-refractivity contribution in [3.63, 3.8) is 0 Å². The molecule has 1 saturated heterocycles. The minimum atomic E-state index is -0.0838. The Balaban J connectivity index is 1.64. The van der Waals surface area contributed by atoms with Crippen LogP contribution in [-0.2, 0) is 20.7 Å². The van der Waals surface area contributed by atoms with Crippen molar-refractivity contribution in [2.45, 2.75) is 46.0 Å². The summed E-state index contributed by atoms with van der Waals surface area (Å²) in [6.45, 7) is 9.51. The van der Waals surface area contributed by atoms with Crippen molar-refractivity contribution in [2.75, 3.05) is 32.8 Å². The largest absolute Gasteiger partial charge is 0.466 e. The first kappa shape index (κ1) is 20.4. The van der Waals surface area contributed by atoms with Gasteiger partial charge in [0.05, 0.1) is 25.6 Å². The third kappa shape index (κ3) is 6.45. The number of rotatable bonds is 8. The third-order valence-corrected chi connectivity index (χ3v) is 5.11. The Labute approximate surface area is 157 Å².